The van der Waals surface area contributed by atoms with E-state index >= 15 is 0 Å². The molecule has 1 aromatic heterocycles. The average Bonchev–Trinajstić information content (AvgIpc) is 2.38. The number of rotatable bonds is 3. The molecule has 0 aliphatic rings. The van der Waals surface area contributed by atoms with Gasteiger partial charge in [-0.3, -0.25) is 4.79 Å². The van der Waals surface area contributed by atoms with Crippen molar-refractivity contribution < 1.29 is 4.79 Å². The molecule has 86 valence electrons. The second-order valence-electron chi connectivity index (χ2n) is 3.36. The van der Waals surface area contributed by atoms with Crippen molar-refractivity contribution in [1.29, 1.82) is 0 Å². The lowest BCUT2D eigenvalue weighted by molar-refractivity contribution is 0.0949. The monoisotopic (exact) mass is 339 g/mol. The highest BCUT2D eigenvalue weighted by molar-refractivity contribution is 14.1. The summed E-state index contributed by atoms with van der Waals surface area (Å²) in [5.41, 5.74) is 1.47. The first-order valence-corrected chi connectivity index (χ1v) is 6.13. The Morgan fingerprint density at radius 1 is 1.29 bits per heavy atom. The molecule has 0 saturated carbocycles. The van der Waals surface area contributed by atoms with Crippen LogP contribution in [0.15, 0.2) is 42.9 Å². The molecule has 0 aliphatic carbocycles. The van der Waals surface area contributed by atoms with Gasteiger partial charge in [0.2, 0.25) is 0 Å². The largest absolute Gasteiger partial charge is 0.346 e. The quantitative estimate of drug-likeness (QED) is 0.871. The molecule has 0 unspecified atom stereocenters. The highest BCUT2D eigenvalue weighted by atomic mass is 127. The predicted molar refractivity (Wildman–Crippen MR) is 72.4 cm³/mol. The number of nitrogens with one attached hydrogen (secondary N) is 1. The van der Waals surface area contributed by atoms with E-state index in [0.29, 0.717) is 12.1 Å². The number of carbonyl (C=O) groups is 1. The van der Waals surface area contributed by atoms with Gasteiger partial charge in [-0.05, 0) is 40.8 Å². The molecule has 0 saturated heterocycles. The summed E-state index contributed by atoms with van der Waals surface area (Å²) in [5.74, 6) is -0.0892. The van der Waals surface area contributed by atoms with Gasteiger partial charge in [-0.15, -0.1) is 0 Å². The lowest BCUT2D eigenvalue weighted by Crippen LogP contribution is -2.24. The number of benzene rings is 1. The van der Waals surface area contributed by atoms with Crippen LogP contribution in [0.2, 0.25) is 0 Å². The van der Waals surface area contributed by atoms with Crippen molar-refractivity contribution in [2.24, 2.45) is 0 Å². The summed E-state index contributed by atoms with van der Waals surface area (Å²) in [6.45, 7) is 0.409. The molecule has 0 spiro atoms. The van der Waals surface area contributed by atoms with E-state index in [1.807, 2.05) is 18.2 Å². The van der Waals surface area contributed by atoms with Crippen molar-refractivity contribution in [2.75, 3.05) is 0 Å². The van der Waals surface area contributed by atoms with E-state index in [0.717, 1.165) is 9.26 Å². The van der Waals surface area contributed by atoms with Crippen LogP contribution in [0, 0.1) is 3.57 Å². The van der Waals surface area contributed by atoms with Gasteiger partial charge < -0.3 is 5.32 Å². The van der Waals surface area contributed by atoms with Gasteiger partial charge in [-0.1, -0.05) is 12.1 Å². The first-order chi connectivity index (χ1) is 8.27. The summed E-state index contributed by atoms with van der Waals surface area (Å²) in [6, 6.07) is 9.23. The number of carbonyl (C=O) groups excluding carboxylic acids is 1. The Morgan fingerprint density at radius 2 is 2.12 bits per heavy atom. The van der Waals surface area contributed by atoms with Gasteiger partial charge in [-0.2, -0.15) is 0 Å². The van der Waals surface area contributed by atoms with Crippen LogP contribution in [0.25, 0.3) is 0 Å². The second kappa shape index (κ2) is 5.72. The summed E-state index contributed by atoms with van der Waals surface area (Å²) in [4.78, 5) is 19.7. The van der Waals surface area contributed by atoms with Crippen LogP contribution < -0.4 is 5.32 Å². The lowest BCUT2D eigenvalue weighted by atomic mass is 10.2. The zero-order valence-corrected chi connectivity index (χ0v) is 11.1. The van der Waals surface area contributed by atoms with E-state index in [9.17, 15) is 4.79 Å². The van der Waals surface area contributed by atoms with Gasteiger partial charge in [-0.25, -0.2) is 9.97 Å². The molecule has 0 atom stereocenters. The maximum absolute atomic E-state index is 11.9. The Morgan fingerprint density at radius 3 is 2.82 bits per heavy atom. The van der Waals surface area contributed by atoms with E-state index in [-0.39, 0.29) is 5.91 Å². The normalized spacial score (nSPS) is 9.94. The van der Waals surface area contributed by atoms with Crippen molar-refractivity contribution in [3.8, 4) is 0 Å². The van der Waals surface area contributed by atoms with E-state index in [1.165, 1.54) is 6.33 Å². The van der Waals surface area contributed by atoms with Crippen LogP contribution in [0.4, 0.5) is 0 Å². The van der Waals surface area contributed by atoms with Crippen LogP contribution in [0.5, 0.6) is 0 Å². The number of aromatic nitrogens is 2. The number of nitrogens with zero attached hydrogens (tertiary/aromatic N) is 2. The van der Waals surface area contributed by atoms with Gasteiger partial charge in [0.05, 0.1) is 17.8 Å². The third-order valence-corrected chi connectivity index (χ3v) is 3.13. The molecule has 5 heteroatoms. The predicted octanol–water partition coefficient (Wildman–Crippen LogP) is 2.01. The summed E-state index contributed by atoms with van der Waals surface area (Å²) in [6.07, 6.45) is 3.12. The van der Waals surface area contributed by atoms with Gasteiger partial charge in [0, 0.05) is 9.77 Å². The van der Waals surface area contributed by atoms with Crippen LogP contribution in [0.1, 0.15) is 16.1 Å². The molecule has 0 radical (unpaired) electrons. The molecule has 1 amide bonds. The fourth-order valence-electron chi connectivity index (χ4n) is 1.33. The number of halogens is 1. The fourth-order valence-corrected chi connectivity index (χ4v) is 1.97. The van der Waals surface area contributed by atoms with E-state index < -0.39 is 0 Å². The zero-order valence-electron chi connectivity index (χ0n) is 8.93. The molecule has 2 aromatic rings. The summed E-state index contributed by atoms with van der Waals surface area (Å²) < 4.78 is 0.935. The Kier molecular flexibility index (Phi) is 4.03. The van der Waals surface area contributed by atoms with Gasteiger partial charge >= 0.3 is 0 Å². The second-order valence-corrected chi connectivity index (χ2v) is 4.53. The Hall–Kier alpha value is -1.50. The van der Waals surface area contributed by atoms with Crippen LogP contribution in [-0.4, -0.2) is 15.9 Å². The first kappa shape index (κ1) is 12.0. The molecule has 0 fully saturated rings. The van der Waals surface area contributed by atoms with Crippen molar-refractivity contribution in [3.63, 3.8) is 0 Å². The molecular formula is C12H10IN3O. The molecule has 1 heterocycles. The van der Waals surface area contributed by atoms with E-state index in [4.69, 9.17) is 0 Å². The zero-order chi connectivity index (χ0) is 12.1. The molecule has 2 rings (SSSR count). The number of amides is 1. The van der Waals surface area contributed by atoms with Crippen molar-refractivity contribution in [2.45, 2.75) is 6.54 Å². The van der Waals surface area contributed by atoms with Gasteiger partial charge in [0.15, 0.2) is 0 Å². The third kappa shape index (κ3) is 3.23. The van der Waals surface area contributed by atoms with Crippen LogP contribution >= 0.6 is 22.6 Å². The first-order valence-electron chi connectivity index (χ1n) is 5.05. The van der Waals surface area contributed by atoms with Crippen LogP contribution in [0.3, 0.4) is 0 Å². The Labute approximate surface area is 113 Å². The highest BCUT2D eigenvalue weighted by Crippen LogP contribution is 2.11. The molecule has 17 heavy (non-hydrogen) atoms. The maximum atomic E-state index is 11.9. The Bertz CT molecular complexity index is 516. The van der Waals surface area contributed by atoms with Crippen LogP contribution in [-0.2, 0) is 6.54 Å². The van der Waals surface area contributed by atoms with Gasteiger partial charge in [0.1, 0.15) is 6.33 Å². The highest BCUT2D eigenvalue weighted by Gasteiger charge is 2.08. The molecule has 1 aromatic carbocycles. The lowest BCUT2D eigenvalue weighted by Gasteiger charge is -2.05. The Balaban J connectivity index is 2.01. The standard InChI is InChI=1S/C12H10IN3O/c13-11-4-2-1-3-10(11)12(17)15-7-9-5-6-14-8-16-9/h1-6,8H,7H2,(H,15,17). The van der Waals surface area contributed by atoms with Crippen molar-refractivity contribution in [1.82, 2.24) is 15.3 Å². The average molecular weight is 339 g/mol. The fraction of sp³-hybridized carbons (Fsp3) is 0.0833. The molecule has 0 bridgehead atoms. The molecular weight excluding hydrogens is 329 g/mol. The van der Waals surface area contributed by atoms with E-state index in [2.05, 4.69) is 37.9 Å². The minimum Gasteiger partial charge on any atom is -0.346 e. The third-order valence-electron chi connectivity index (χ3n) is 2.19. The summed E-state index contributed by atoms with van der Waals surface area (Å²) >= 11 is 2.14. The summed E-state index contributed by atoms with van der Waals surface area (Å²) in [5, 5.41) is 2.82. The topological polar surface area (TPSA) is 54.9 Å². The smallest absolute Gasteiger partial charge is 0.252 e. The molecule has 1 N–H and O–H groups in total. The minimum atomic E-state index is -0.0892. The van der Waals surface area contributed by atoms with Gasteiger partial charge in [0.25, 0.3) is 5.91 Å². The van der Waals surface area contributed by atoms with E-state index in [1.54, 1.807) is 18.3 Å². The maximum Gasteiger partial charge on any atom is 0.252 e. The molecule has 4 nitrogen and oxygen atoms in total. The number of hydrogen-bond acceptors (Lipinski definition) is 3. The number of hydrogen-bond donors (Lipinski definition) is 1. The SMILES string of the molecule is O=C(NCc1ccncn1)c1ccccc1I. The van der Waals surface area contributed by atoms with Crippen molar-refractivity contribution >= 4 is 28.5 Å². The molecule has 0 aliphatic heterocycles. The summed E-state index contributed by atoms with van der Waals surface area (Å²) in [7, 11) is 0. The van der Waals surface area contributed by atoms with Crippen molar-refractivity contribution in [3.05, 3.63) is 57.7 Å². The minimum absolute atomic E-state index is 0.0892.